The third kappa shape index (κ3) is 4.34. The number of carbonyl (C=O) groups excluding carboxylic acids is 1. The average Bonchev–Trinajstić information content (AvgIpc) is 2.55. The number of hydrogen-bond acceptors (Lipinski definition) is 4. The fraction of sp³-hybridized carbons (Fsp3) is 0.294. The van der Waals surface area contributed by atoms with Crippen molar-refractivity contribution in [3.8, 4) is 11.5 Å². The van der Waals surface area contributed by atoms with Crippen molar-refractivity contribution in [1.29, 1.82) is 0 Å². The highest BCUT2D eigenvalue weighted by molar-refractivity contribution is 6.39. The second kappa shape index (κ2) is 8.05. The van der Waals surface area contributed by atoms with Crippen molar-refractivity contribution in [1.82, 2.24) is 4.98 Å². The van der Waals surface area contributed by atoms with Crippen molar-refractivity contribution < 1.29 is 23.0 Å². The zero-order chi connectivity index (χ0) is 18.7. The number of hydrogen-bond donors (Lipinski definition) is 1. The van der Waals surface area contributed by atoms with Gasteiger partial charge in [-0.1, -0.05) is 23.2 Å². The van der Waals surface area contributed by atoms with Gasteiger partial charge in [0.25, 0.3) is 5.91 Å². The summed E-state index contributed by atoms with van der Waals surface area (Å²) >= 11 is 12.0. The van der Waals surface area contributed by atoms with E-state index >= 15 is 0 Å². The van der Waals surface area contributed by atoms with Gasteiger partial charge in [0.05, 0.1) is 21.8 Å². The molecule has 0 aliphatic heterocycles. The second-order valence-corrected chi connectivity index (χ2v) is 6.46. The quantitative estimate of drug-likeness (QED) is 0.723. The lowest BCUT2D eigenvalue weighted by molar-refractivity contribution is -0.0526. The molecule has 0 saturated heterocycles. The fourth-order valence-corrected chi connectivity index (χ4v) is 2.78. The van der Waals surface area contributed by atoms with E-state index in [1.54, 1.807) is 0 Å². The summed E-state index contributed by atoms with van der Waals surface area (Å²) in [5.41, 5.74) is 0.396. The molecule has 1 aliphatic rings. The van der Waals surface area contributed by atoms with Crippen LogP contribution in [-0.4, -0.2) is 23.6 Å². The molecule has 1 saturated carbocycles. The summed E-state index contributed by atoms with van der Waals surface area (Å²) in [5, 5.41) is 2.93. The minimum Gasteiger partial charge on any atom is -0.487 e. The van der Waals surface area contributed by atoms with Crippen LogP contribution in [-0.2, 0) is 0 Å². The molecule has 0 spiro atoms. The Bertz CT molecular complexity index is 796. The van der Waals surface area contributed by atoms with Gasteiger partial charge in [-0.15, -0.1) is 0 Å². The minimum atomic E-state index is -2.99. The van der Waals surface area contributed by atoms with E-state index in [0.717, 1.165) is 19.3 Å². The number of ether oxygens (including phenoxy) is 2. The van der Waals surface area contributed by atoms with Gasteiger partial charge < -0.3 is 14.8 Å². The molecule has 1 aromatic carbocycles. The van der Waals surface area contributed by atoms with Gasteiger partial charge in [-0.3, -0.25) is 9.78 Å². The maximum absolute atomic E-state index is 12.6. The first kappa shape index (κ1) is 18.7. The molecule has 0 radical (unpaired) electrons. The molecule has 5 nitrogen and oxygen atoms in total. The van der Waals surface area contributed by atoms with Crippen LogP contribution in [0.25, 0.3) is 0 Å². The molecule has 1 aromatic heterocycles. The van der Waals surface area contributed by atoms with Crippen LogP contribution in [0.4, 0.5) is 14.5 Å². The van der Waals surface area contributed by atoms with E-state index < -0.39 is 12.5 Å². The van der Waals surface area contributed by atoms with E-state index in [9.17, 15) is 13.6 Å². The minimum absolute atomic E-state index is 0.0718. The van der Waals surface area contributed by atoms with Crippen molar-refractivity contribution in [3.63, 3.8) is 0 Å². The van der Waals surface area contributed by atoms with Gasteiger partial charge in [0.2, 0.25) is 0 Å². The summed E-state index contributed by atoms with van der Waals surface area (Å²) in [6, 6.07) is 3.98. The zero-order valence-corrected chi connectivity index (χ0v) is 14.9. The van der Waals surface area contributed by atoms with Crippen molar-refractivity contribution in [3.05, 3.63) is 46.2 Å². The summed E-state index contributed by atoms with van der Waals surface area (Å²) in [4.78, 5) is 16.3. The summed E-state index contributed by atoms with van der Waals surface area (Å²) in [7, 11) is 0. The number of halogens is 4. The topological polar surface area (TPSA) is 60.5 Å². The number of alkyl halides is 2. The number of nitrogens with zero attached hydrogens (tertiary/aromatic N) is 1. The van der Waals surface area contributed by atoms with E-state index in [2.05, 4.69) is 15.0 Å². The van der Waals surface area contributed by atoms with Gasteiger partial charge in [0, 0.05) is 18.0 Å². The van der Waals surface area contributed by atoms with Crippen LogP contribution >= 0.6 is 23.2 Å². The Balaban J connectivity index is 1.84. The number of nitrogens with one attached hydrogen (secondary N) is 1. The van der Waals surface area contributed by atoms with Crippen LogP contribution in [0.1, 0.15) is 29.6 Å². The van der Waals surface area contributed by atoms with E-state index in [1.807, 2.05) is 0 Å². The molecule has 0 bridgehead atoms. The van der Waals surface area contributed by atoms with Crippen LogP contribution in [0.5, 0.6) is 11.5 Å². The van der Waals surface area contributed by atoms with Crippen molar-refractivity contribution >= 4 is 34.8 Å². The predicted molar refractivity (Wildman–Crippen MR) is 93.6 cm³/mol. The normalized spacial score (nSPS) is 14.0. The molecule has 1 heterocycles. The Morgan fingerprint density at radius 2 is 1.88 bits per heavy atom. The highest BCUT2D eigenvalue weighted by atomic mass is 35.5. The van der Waals surface area contributed by atoms with Gasteiger partial charge >= 0.3 is 6.61 Å². The summed E-state index contributed by atoms with van der Waals surface area (Å²) in [6.07, 6.45) is 5.27. The summed E-state index contributed by atoms with van der Waals surface area (Å²) < 4.78 is 35.3. The van der Waals surface area contributed by atoms with E-state index in [4.69, 9.17) is 27.9 Å². The number of anilines is 1. The second-order valence-electron chi connectivity index (χ2n) is 5.64. The number of aromatic nitrogens is 1. The van der Waals surface area contributed by atoms with Gasteiger partial charge in [-0.05, 0) is 37.5 Å². The van der Waals surface area contributed by atoms with Crippen LogP contribution < -0.4 is 14.8 Å². The fourth-order valence-electron chi connectivity index (χ4n) is 2.32. The molecular weight excluding hydrogens is 389 g/mol. The molecule has 0 atom stereocenters. The first-order valence-corrected chi connectivity index (χ1v) is 8.55. The SMILES string of the molecule is O=C(Nc1c(Cl)cncc1Cl)c1ccc(OC(F)F)c(OC2CCC2)c1. The highest BCUT2D eigenvalue weighted by Crippen LogP contribution is 2.35. The van der Waals surface area contributed by atoms with Gasteiger partial charge in [-0.25, -0.2) is 0 Å². The maximum atomic E-state index is 12.6. The Morgan fingerprint density at radius 3 is 2.46 bits per heavy atom. The lowest BCUT2D eigenvalue weighted by atomic mass is 9.96. The predicted octanol–water partition coefficient (Wildman–Crippen LogP) is 5.17. The van der Waals surface area contributed by atoms with Crippen LogP contribution in [0.3, 0.4) is 0 Å². The molecule has 1 amide bonds. The molecule has 1 fully saturated rings. The van der Waals surface area contributed by atoms with Crippen LogP contribution in [0, 0.1) is 0 Å². The summed E-state index contributed by atoms with van der Waals surface area (Å²) in [5.74, 6) is -0.556. The van der Waals surface area contributed by atoms with E-state index in [0.29, 0.717) is 0 Å². The average molecular weight is 403 g/mol. The molecular formula is C17H14Cl2F2N2O3. The van der Waals surface area contributed by atoms with Crippen molar-refractivity contribution in [2.45, 2.75) is 32.0 Å². The maximum Gasteiger partial charge on any atom is 0.387 e. The molecule has 26 heavy (non-hydrogen) atoms. The standard InChI is InChI=1S/C17H14Cl2F2N2O3/c18-11-7-22-8-12(19)15(11)23-16(24)9-4-5-13(26-17(20)21)14(6-9)25-10-2-1-3-10/h4-8,10,17H,1-3H2,(H,22,23,24). The number of rotatable bonds is 6. The molecule has 1 N–H and O–H groups in total. The zero-order valence-electron chi connectivity index (χ0n) is 13.3. The number of amides is 1. The third-order valence-electron chi connectivity index (χ3n) is 3.86. The van der Waals surface area contributed by atoms with Crippen LogP contribution in [0.2, 0.25) is 10.0 Å². The Labute approximate surface area is 158 Å². The smallest absolute Gasteiger partial charge is 0.387 e. The Kier molecular flexibility index (Phi) is 5.78. The van der Waals surface area contributed by atoms with Gasteiger partial charge in [0.15, 0.2) is 11.5 Å². The van der Waals surface area contributed by atoms with Crippen LogP contribution in [0.15, 0.2) is 30.6 Å². The number of pyridine rings is 1. The highest BCUT2D eigenvalue weighted by Gasteiger charge is 2.23. The molecule has 138 valence electrons. The third-order valence-corrected chi connectivity index (χ3v) is 4.43. The number of carbonyl (C=O) groups is 1. The van der Waals surface area contributed by atoms with Gasteiger partial charge in [-0.2, -0.15) is 8.78 Å². The van der Waals surface area contributed by atoms with Gasteiger partial charge in [0.1, 0.15) is 0 Å². The first-order chi connectivity index (χ1) is 12.4. The Hall–Kier alpha value is -2.12. The Morgan fingerprint density at radius 1 is 1.19 bits per heavy atom. The summed E-state index contributed by atoms with van der Waals surface area (Å²) in [6.45, 7) is -2.99. The van der Waals surface area contributed by atoms with E-state index in [1.165, 1.54) is 30.6 Å². The first-order valence-electron chi connectivity index (χ1n) is 7.80. The molecule has 1 aliphatic carbocycles. The van der Waals surface area contributed by atoms with Crippen molar-refractivity contribution in [2.75, 3.05) is 5.32 Å². The van der Waals surface area contributed by atoms with Crippen molar-refractivity contribution in [2.24, 2.45) is 0 Å². The number of benzene rings is 1. The molecule has 9 heteroatoms. The monoisotopic (exact) mass is 402 g/mol. The molecule has 3 rings (SSSR count). The lowest BCUT2D eigenvalue weighted by Crippen LogP contribution is -2.25. The molecule has 2 aromatic rings. The molecule has 0 unspecified atom stereocenters. The largest absolute Gasteiger partial charge is 0.487 e. The lowest BCUT2D eigenvalue weighted by Gasteiger charge is -2.27. The van der Waals surface area contributed by atoms with E-state index in [-0.39, 0.29) is 38.9 Å².